The van der Waals surface area contributed by atoms with Gasteiger partial charge in [-0.1, -0.05) is 48.6 Å². The van der Waals surface area contributed by atoms with Crippen molar-refractivity contribution < 1.29 is 28.6 Å². The summed E-state index contributed by atoms with van der Waals surface area (Å²) < 4.78 is 15.6. The summed E-state index contributed by atoms with van der Waals surface area (Å²) in [6.45, 7) is 0.298. The molecule has 3 aromatic rings. The number of fused-ring (bicyclic) bond motifs is 1. The average Bonchev–Trinajstić information content (AvgIpc) is 3.01. The van der Waals surface area contributed by atoms with Gasteiger partial charge in [-0.15, -0.1) is 12.4 Å². The predicted molar refractivity (Wildman–Crippen MR) is 167 cm³/mol. The third-order valence-corrected chi connectivity index (χ3v) is 6.77. The van der Waals surface area contributed by atoms with Gasteiger partial charge in [0.1, 0.15) is 17.6 Å². The molecule has 2 aliphatic rings. The number of allylic oxidation sites excluding steroid dienone is 2. The minimum Gasteiger partial charge on any atom is -0.497 e. The number of anilines is 3. The van der Waals surface area contributed by atoms with Crippen LogP contribution in [0.15, 0.2) is 79.0 Å². The number of hydrogen-bond acceptors (Lipinski definition) is 11. The van der Waals surface area contributed by atoms with Crippen LogP contribution < -0.4 is 19.9 Å². The normalized spacial score (nSPS) is 15.5. The van der Waals surface area contributed by atoms with Gasteiger partial charge in [-0.05, 0) is 43.9 Å². The number of rotatable bonds is 9. The number of esters is 1. The highest BCUT2D eigenvalue weighted by Crippen LogP contribution is 2.32. The van der Waals surface area contributed by atoms with Gasteiger partial charge in [-0.3, -0.25) is 19.8 Å². The van der Waals surface area contributed by atoms with Crippen molar-refractivity contribution in [1.29, 1.82) is 0 Å². The van der Waals surface area contributed by atoms with Crippen molar-refractivity contribution in [3.05, 3.63) is 90.1 Å². The molecule has 1 aromatic heterocycles. The lowest BCUT2D eigenvalue weighted by molar-refractivity contribution is -0.152. The van der Waals surface area contributed by atoms with Gasteiger partial charge in [0.25, 0.3) is 0 Å². The molecule has 0 bridgehead atoms. The first-order valence-electron chi connectivity index (χ1n) is 13.6. The van der Waals surface area contributed by atoms with Crippen LogP contribution in [0.4, 0.5) is 22.2 Å². The van der Waals surface area contributed by atoms with Crippen LogP contribution in [0.3, 0.4) is 0 Å². The summed E-state index contributed by atoms with van der Waals surface area (Å²) in [5.74, 6) is 0.617. The molecule has 12 nitrogen and oxygen atoms in total. The number of benzene rings is 2. The number of amides is 1. The molecule has 0 fully saturated rings. The average molecular weight is 621 g/mol. The molecule has 5 rings (SSSR count). The zero-order valence-electron chi connectivity index (χ0n) is 24.5. The van der Waals surface area contributed by atoms with Crippen LogP contribution >= 0.6 is 12.4 Å². The molecule has 13 heteroatoms. The highest BCUT2D eigenvalue weighted by molar-refractivity contribution is 6.26. The summed E-state index contributed by atoms with van der Waals surface area (Å²) in [5.41, 5.74) is 2.55. The highest BCUT2D eigenvalue weighted by Gasteiger charge is 2.34. The van der Waals surface area contributed by atoms with E-state index in [1.54, 1.807) is 62.6 Å². The summed E-state index contributed by atoms with van der Waals surface area (Å²) >= 11 is 0. The summed E-state index contributed by atoms with van der Waals surface area (Å²) in [6, 6.07) is 15.4. The highest BCUT2D eigenvalue weighted by atomic mass is 35.5. The number of carbonyl (C=O) groups is 3. The minimum absolute atomic E-state index is 0. The van der Waals surface area contributed by atoms with Crippen LogP contribution in [-0.4, -0.2) is 80.0 Å². The Morgan fingerprint density at radius 1 is 1.07 bits per heavy atom. The first-order chi connectivity index (χ1) is 20.9. The first-order valence-corrected chi connectivity index (χ1v) is 13.6. The van der Waals surface area contributed by atoms with Gasteiger partial charge in [0.15, 0.2) is 5.78 Å². The van der Waals surface area contributed by atoms with Gasteiger partial charge in [0, 0.05) is 23.9 Å². The SMILES string of the molecule is COc1ccc(C2=CC=CC(N3CNCc4cnc(N(C(=O)OCOC(=O)CN(C)C)c5ccccc5)nc43)C2=O)cc1.Cl. The van der Waals surface area contributed by atoms with E-state index in [1.807, 2.05) is 47.4 Å². The van der Waals surface area contributed by atoms with Crippen LogP contribution in [0.25, 0.3) is 5.57 Å². The second kappa shape index (κ2) is 14.6. The summed E-state index contributed by atoms with van der Waals surface area (Å²) in [7, 11) is 5.04. The quantitative estimate of drug-likeness (QED) is 0.278. The molecule has 230 valence electrons. The van der Waals surface area contributed by atoms with E-state index < -0.39 is 24.9 Å². The van der Waals surface area contributed by atoms with Gasteiger partial charge >= 0.3 is 12.1 Å². The number of ketones is 1. The zero-order chi connectivity index (χ0) is 30.3. The molecule has 1 amide bonds. The maximum absolute atomic E-state index is 13.8. The summed E-state index contributed by atoms with van der Waals surface area (Å²) in [4.78, 5) is 52.9. The Kier molecular flexibility index (Phi) is 10.7. The Bertz CT molecular complexity index is 1550. The van der Waals surface area contributed by atoms with Crippen molar-refractivity contribution >= 4 is 53.3 Å². The maximum Gasteiger partial charge on any atom is 0.424 e. The summed E-state index contributed by atoms with van der Waals surface area (Å²) in [5, 5.41) is 3.30. The fourth-order valence-corrected chi connectivity index (χ4v) is 4.72. The lowest BCUT2D eigenvalue weighted by Crippen LogP contribution is -2.49. The van der Waals surface area contributed by atoms with Gasteiger partial charge in [0.05, 0.1) is 26.0 Å². The number of halogens is 1. The Labute approximate surface area is 261 Å². The standard InChI is InChI=1S/C31H32N6O6.ClH/c1-35(2)18-27(38)42-20-43-31(40)37(23-8-5-4-6-9-23)30-33-17-22-16-32-19-36(29(22)34-30)26-11-7-10-25(28(26)39)21-12-14-24(41-3)15-13-21;/h4-15,17,26,32H,16,18-20H2,1-3H3;1H. The third kappa shape index (κ3) is 7.22. The number of nitrogens with one attached hydrogen (secondary N) is 1. The molecular weight excluding hydrogens is 588 g/mol. The predicted octanol–water partition coefficient (Wildman–Crippen LogP) is 3.70. The lowest BCUT2D eigenvalue weighted by Gasteiger charge is -2.36. The van der Waals surface area contributed by atoms with Crippen LogP contribution in [0, 0.1) is 0 Å². The molecule has 1 N–H and O–H groups in total. The second-order valence-electron chi connectivity index (χ2n) is 10.0. The third-order valence-electron chi connectivity index (χ3n) is 6.77. The Hall–Kier alpha value is -4.78. The summed E-state index contributed by atoms with van der Waals surface area (Å²) in [6.07, 6.45) is 6.26. The Morgan fingerprint density at radius 2 is 1.82 bits per heavy atom. The molecule has 1 unspecified atom stereocenters. The molecule has 1 aliphatic carbocycles. The van der Waals surface area contributed by atoms with Crippen molar-refractivity contribution in [1.82, 2.24) is 20.2 Å². The lowest BCUT2D eigenvalue weighted by atomic mass is 9.92. The van der Waals surface area contributed by atoms with Crippen molar-refractivity contribution in [3.63, 3.8) is 0 Å². The van der Waals surface area contributed by atoms with E-state index in [4.69, 9.17) is 19.2 Å². The van der Waals surface area contributed by atoms with E-state index >= 15 is 0 Å². The van der Waals surface area contributed by atoms with Crippen molar-refractivity contribution in [3.8, 4) is 5.75 Å². The number of likely N-dealkylation sites (N-methyl/N-ethyl adjacent to an activating group) is 1. The largest absolute Gasteiger partial charge is 0.497 e. The number of Topliss-reactive ketones (excluding diaryl/α,β-unsaturated/α-hetero) is 1. The van der Waals surface area contributed by atoms with E-state index in [2.05, 4.69) is 10.3 Å². The molecule has 1 atom stereocenters. The topological polar surface area (TPSA) is 126 Å². The van der Waals surface area contributed by atoms with E-state index in [0.29, 0.717) is 36.0 Å². The number of carbonyl (C=O) groups excluding carboxylic acids is 3. The molecule has 2 aromatic carbocycles. The number of ether oxygens (including phenoxy) is 3. The molecule has 0 saturated heterocycles. The molecule has 0 saturated carbocycles. The van der Waals surface area contributed by atoms with E-state index in [-0.39, 0.29) is 30.7 Å². The van der Waals surface area contributed by atoms with Crippen LogP contribution in [0.5, 0.6) is 5.75 Å². The van der Waals surface area contributed by atoms with E-state index in [9.17, 15) is 14.4 Å². The van der Waals surface area contributed by atoms with Crippen molar-refractivity contribution in [2.24, 2.45) is 0 Å². The minimum atomic E-state index is -0.831. The molecule has 0 spiro atoms. The van der Waals surface area contributed by atoms with Gasteiger partial charge in [-0.25, -0.2) is 14.7 Å². The molecule has 1 aliphatic heterocycles. The zero-order valence-corrected chi connectivity index (χ0v) is 25.3. The van der Waals surface area contributed by atoms with Crippen LogP contribution in [0.1, 0.15) is 11.1 Å². The van der Waals surface area contributed by atoms with Gasteiger partial charge < -0.3 is 19.1 Å². The molecule has 0 radical (unpaired) electrons. The fraction of sp³-hybridized carbons (Fsp3) is 0.258. The number of nitrogens with zero attached hydrogens (tertiary/aromatic N) is 5. The van der Waals surface area contributed by atoms with E-state index in [0.717, 1.165) is 11.1 Å². The monoisotopic (exact) mass is 620 g/mol. The van der Waals surface area contributed by atoms with Crippen LogP contribution in [-0.2, 0) is 25.6 Å². The maximum atomic E-state index is 13.8. The smallest absolute Gasteiger partial charge is 0.424 e. The number of para-hydroxylation sites is 1. The number of hydrogen-bond donors (Lipinski definition) is 1. The Balaban J connectivity index is 0.00000442. The first kappa shape index (κ1) is 32.1. The Morgan fingerprint density at radius 3 is 2.52 bits per heavy atom. The van der Waals surface area contributed by atoms with Crippen LogP contribution in [0.2, 0.25) is 0 Å². The molecule has 2 heterocycles. The van der Waals surface area contributed by atoms with Crippen molar-refractivity contribution in [2.75, 3.05) is 51.0 Å². The number of aromatic nitrogens is 2. The number of methoxy groups -OCH3 is 1. The van der Waals surface area contributed by atoms with Gasteiger partial charge in [-0.2, -0.15) is 4.98 Å². The molecular formula is C31H33ClN6O6. The van der Waals surface area contributed by atoms with E-state index in [1.165, 1.54) is 4.90 Å². The van der Waals surface area contributed by atoms with Gasteiger partial charge in [0.2, 0.25) is 12.7 Å². The fourth-order valence-electron chi connectivity index (χ4n) is 4.72. The van der Waals surface area contributed by atoms with Crippen molar-refractivity contribution in [2.45, 2.75) is 12.6 Å². The molecule has 44 heavy (non-hydrogen) atoms. The second-order valence-corrected chi connectivity index (χ2v) is 10.0.